The molecule has 7 nitrogen and oxygen atoms in total. The Hall–Kier alpha value is -3.35. The van der Waals surface area contributed by atoms with Gasteiger partial charge in [0.2, 0.25) is 5.91 Å². The number of nitrogens with one attached hydrogen (secondary N) is 1. The molecule has 1 aliphatic carbocycles. The number of hydrogen-bond acceptors (Lipinski definition) is 4. The van der Waals surface area contributed by atoms with Gasteiger partial charge in [-0.25, -0.2) is 4.98 Å². The smallest absolute Gasteiger partial charge is 0.291 e. The lowest BCUT2D eigenvalue weighted by atomic mass is 9.85. The zero-order valence-electron chi connectivity index (χ0n) is 20.1. The molecule has 1 aliphatic heterocycles. The lowest BCUT2D eigenvalue weighted by Gasteiger charge is -2.44. The van der Waals surface area contributed by atoms with Gasteiger partial charge in [-0.1, -0.05) is 44.0 Å². The van der Waals surface area contributed by atoms with Gasteiger partial charge in [-0.2, -0.15) is 0 Å². The average Bonchev–Trinajstić information content (AvgIpc) is 3.22. The van der Waals surface area contributed by atoms with E-state index < -0.39 is 5.54 Å². The third-order valence-electron chi connectivity index (χ3n) is 7.54. The van der Waals surface area contributed by atoms with E-state index in [4.69, 9.17) is 4.74 Å². The molecule has 2 heterocycles. The van der Waals surface area contributed by atoms with Crippen LogP contribution in [0.15, 0.2) is 48.5 Å². The molecule has 0 radical (unpaired) electrons. The lowest BCUT2D eigenvalue weighted by Crippen LogP contribution is -2.65. The van der Waals surface area contributed by atoms with E-state index in [2.05, 4.69) is 17.2 Å². The van der Waals surface area contributed by atoms with E-state index in [1.807, 2.05) is 60.0 Å². The Morgan fingerprint density at radius 1 is 1.18 bits per heavy atom. The molecular weight excluding hydrogens is 428 g/mol. The number of aromatic nitrogens is 2. The maximum Gasteiger partial charge on any atom is 0.291 e. The molecule has 2 aromatic carbocycles. The Morgan fingerprint density at radius 3 is 2.76 bits per heavy atom. The van der Waals surface area contributed by atoms with Crippen LogP contribution in [0.4, 0.5) is 0 Å². The average molecular weight is 461 g/mol. The summed E-state index contributed by atoms with van der Waals surface area (Å²) in [5.74, 6) is 1.18. The van der Waals surface area contributed by atoms with Crippen LogP contribution in [-0.4, -0.2) is 45.0 Å². The fourth-order valence-corrected chi connectivity index (χ4v) is 5.39. The minimum atomic E-state index is -1.06. The van der Waals surface area contributed by atoms with Gasteiger partial charge < -0.3 is 19.5 Å². The first-order valence-corrected chi connectivity index (χ1v) is 12.1. The number of carbonyl (C=O) groups is 2. The van der Waals surface area contributed by atoms with Gasteiger partial charge >= 0.3 is 0 Å². The molecule has 2 amide bonds. The van der Waals surface area contributed by atoms with Crippen LogP contribution >= 0.6 is 0 Å². The minimum Gasteiger partial charge on any atom is -0.497 e. The van der Waals surface area contributed by atoms with Crippen molar-refractivity contribution in [3.63, 3.8) is 0 Å². The molecule has 0 unspecified atom stereocenters. The van der Waals surface area contributed by atoms with Gasteiger partial charge in [0.15, 0.2) is 5.82 Å². The van der Waals surface area contributed by atoms with E-state index in [0.717, 1.165) is 41.6 Å². The highest BCUT2D eigenvalue weighted by molar-refractivity contribution is 6.01. The first-order valence-electron chi connectivity index (χ1n) is 12.1. The summed E-state index contributed by atoms with van der Waals surface area (Å²) in [5.41, 5.74) is 1.48. The minimum absolute atomic E-state index is 0.106. The largest absolute Gasteiger partial charge is 0.497 e. The second-order valence-electron chi connectivity index (χ2n) is 9.87. The van der Waals surface area contributed by atoms with Crippen LogP contribution in [0.25, 0.3) is 11.0 Å². The van der Waals surface area contributed by atoms with Crippen molar-refractivity contribution in [2.75, 3.05) is 7.11 Å². The second kappa shape index (κ2) is 8.78. The van der Waals surface area contributed by atoms with Crippen molar-refractivity contribution in [3.8, 4) is 5.75 Å². The van der Waals surface area contributed by atoms with Crippen LogP contribution in [0.3, 0.4) is 0 Å². The summed E-state index contributed by atoms with van der Waals surface area (Å²) in [5, 5.41) is 3.32. The van der Waals surface area contributed by atoms with E-state index in [1.54, 1.807) is 12.0 Å². The molecule has 0 saturated heterocycles. The zero-order valence-corrected chi connectivity index (χ0v) is 20.1. The summed E-state index contributed by atoms with van der Waals surface area (Å²) < 4.78 is 7.29. The normalized spacial score (nSPS) is 24.7. The van der Waals surface area contributed by atoms with Crippen molar-refractivity contribution in [1.82, 2.24) is 19.8 Å². The molecule has 1 N–H and O–H groups in total. The third kappa shape index (κ3) is 3.83. The fourth-order valence-electron chi connectivity index (χ4n) is 5.39. The Balaban J connectivity index is 1.55. The van der Waals surface area contributed by atoms with Crippen LogP contribution in [0.1, 0.15) is 55.7 Å². The van der Waals surface area contributed by atoms with Crippen molar-refractivity contribution in [2.45, 2.75) is 64.2 Å². The topological polar surface area (TPSA) is 76.5 Å². The van der Waals surface area contributed by atoms with Gasteiger partial charge in [0.05, 0.1) is 24.7 Å². The van der Waals surface area contributed by atoms with Gasteiger partial charge in [0.1, 0.15) is 11.3 Å². The van der Waals surface area contributed by atoms with Gasteiger partial charge in [-0.3, -0.25) is 9.59 Å². The molecule has 1 fully saturated rings. The number of benzene rings is 2. The maximum absolute atomic E-state index is 13.9. The van der Waals surface area contributed by atoms with Crippen molar-refractivity contribution in [3.05, 3.63) is 59.9 Å². The van der Waals surface area contributed by atoms with Crippen LogP contribution < -0.4 is 10.1 Å². The number of nitrogens with zero attached hydrogens (tertiary/aromatic N) is 3. The Kier molecular flexibility index (Phi) is 5.80. The lowest BCUT2D eigenvalue weighted by molar-refractivity contribution is -0.134. The first-order chi connectivity index (χ1) is 16.4. The number of methoxy groups -OCH3 is 1. The quantitative estimate of drug-likeness (QED) is 0.621. The number of carbonyl (C=O) groups excluding carboxylic acids is 2. The van der Waals surface area contributed by atoms with Crippen LogP contribution in [0.2, 0.25) is 0 Å². The van der Waals surface area contributed by atoms with Crippen molar-refractivity contribution in [1.29, 1.82) is 0 Å². The summed E-state index contributed by atoms with van der Waals surface area (Å²) in [4.78, 5) is 34.1. The molecule has 7 heteroatoms. The van der Waals surface area contributed by atoms with Gasteiger partial charge in [0, 0.05) is 12.6 Å². The summed E-state index contributed by atoms with van der Waals surface area (Å²) >= 11 is 0. The summed E-state index contributed by atoms with van der Waals surface area (Å²) in [6, 6.07) is 15.5. The van der Waals surface area contributed by atoms with Gasteiger partial charge in [0.25, 0.3) is 5.91 Å². The number of fused-ring (bicyclic) bond motifs is 3. The van der Waals surface area contributed by atoms with Gasteiger partial charge in [-0.05, 0) is 55.5 Å². The van der Waals surface area contributed by atoms with Crippen LogP contribution in [-0.2, 0) is 17.9 Å². The standard InChI is InChI=1S/C27H32N4O3/c1-18-9-4-5-12-21(18)29-26(33)27(2)17-30-23-14-7-6-13-22(23)28-24(30)25(32)31(27)16-19-10-8-11-20(15-19)34-3/h6-8,10-11,13-15,18,21H,4-5,9,12,16-17H2,1-3H3,(H,29,33)/t18-,21+,27-/m1/s1. The fraction of sp³-hybridized carbons (Fsp3) is 0.444. The molecule has 3 atom stereocenters. The Labute approximate surface area is 200 Å². The summed E-state index contributed by atoms with van der Waals surface area (Å²) in [7, 11) is 1.62. The zero-order chi connectivity index (χ0) is 23.9. The summed E-state index contributed by atoms with van der Waals surface area (Å²) in [6.45, 7) is 4.73. The van der Waals surface area contributed by atoms with E-state index in [-0.39, 0.29) is 17.9 Å². The van der Waals surface area contributed by atoms with E-state index in [0.29, 0.717) is 24.8 Å². The molecule has 3 aromatic rings. The van der Waals surface area contributed by atoms with Crippen molar-refractivity contribution < 1.29 is 14.3 Å². The van der Waals surface area contributed by atoms with Crippen LogP contribution in [0.5, 0.6) is 5.75 Å². The number of para-hydroxylation sites is 2. The highest BCUT2D eigenvalue weighted by Crippen LogP contribution is 2.33. The number of amides is 2. The molecule has 5 rings (SSSR count). The number of rotatable bonds is 5. The highest BCUT2D eigenvalue weighted by atomic mass is 16.5. The SMILES string of the molecule is COc1cccc(CN2C(=O)c3nc4ccccc4n3C[C@]2(C)C(=O)N[C@H]2CCCC[C@H]2C)c1. The molecule has 0 bridgehead atoms. The molecule has 1 aromatic heterocycles. The summed E-state index contributed by atoms with van der Waals surface area (Å²) in [6.07, 6.45) is 4.42. The molecule has 2 aliphatic rings. The van der Waals surface area contributed by atoms with Crippen LogP contribution in [0, 0.1) is 5.92 Å². The molecule has 34 heavy (non-hydrogen) atoms. The van der Waals surface area contributed by atoms with E-state index in [1.165, 1.54) is 6.42 Å². The van der Waals surface area contributed by atoms with Gasteiger partial charge in [-0.15, -0.1) is 0 Å². The van der Waals surface area contributed by atoms with Crippen molar-refractivity contribution >= 4 is 22.8 Å². The van der Waals surface area contributed by atoms with E-state index in [9.17, 15) is 9.59 Å². The molecule has 1 saturated carbocycles. The molecule has 0 spiro atoms. The van der Waals surface area contributed by atoms with E-state index >= 15 is 0 Å². The Morgan fingerprint density at radius 2 is 1.97 bits per heavy atom. The highest BCUT2D eigenvalue weighted by Gasteiger charge is 2.49. The van der Waals surface area contributed by atoms with Crippen molar-refractivity contribution in [2.24, 2.45) is 5.92 Å². The second-order valence-corrected chi connectivity index (χ2v) is 9.87. The Bertz CT molecular complexity index is 1240. The monoisotopic (exact) mass is 460 g/mol. The maximum atomic E-state index is 13.9. The number of imidazole rings is 1. The number of ether oxygens (including phenoxy) is 1. The third-order valence-corrected chi connectivity index (χ3v) is 7.54. The predicted octanol–water partition coefficient (Wildman–Crippen LogP) is 4.15. The number of hydrogen-bond donors (Lipinski definition) is 1. The predicted molar refractivity (Wildman–Crippen MR) is 131 cm³/mol. The first kappa shape index (κ1) is 22.4. The molecular formula is C27H32N4O3. The molecule has 178 valence electrons.